The molecular weight excluding hydrogens is 244 g/mol. The molecule has 0 aliphatic rings. The fourth-order valence-corrected chi connectivity index (χ4v) is 1.73. The summed E-state index contributed by atoms with van der Waals surface area (Å²) in [6.45, 7) is 8.03. The molecule has 1 atom stereocenters. The highest BCUT2D eigenvalue weighted by molar-refractivity contribution is 5.68. The molecule has 1 aromatic rings. The van der Waals surface area contributed by atoms with E-state index >= 15 is 0 Å². The molecule has 0 amide bonds. The summed E-state index contributed by atoms with van der Waals surface area (Å²) < 4.78 is 5.43. The van der Waals surface area contributed by atoms with Crippen LogP contribution in [0.5, 0.6) is 5.75 Å². The number of nitrogens with zero attached hydrogens (tertiary/aromatic N) is 1. The van der Waals surface area contributed by atoms with E-state index in [4.69, 9.17) is 4.74 Å². The number of nitrogens with one attached hydrogen (secondary N) is 1. The maximum Gasteiger partial charge on any atom is 0.333 e. The first-order valence-electron chi connectivity index (χ1n) is 6.37. The highest BCUT2D eigenvalue weighted by Crippen LogP contribution is 2.35. The highest BCUT2D eigenvalue weighted by atomic mass is 16.6. The third-order valence-electron chi connectivity index (χ3n) is 2.57. The van der Waals surface area contributed by atoms with Gasteiger partial charge in [-0.05, 0) is 31.9 Å². The van der Waals surface area contributed by atoms with Gasteiger partial charge < -0.3 is 10.1 Å². The number of hydrogen-bond acceptors (Lipinski definition) is 4. The van der Waals surface area contributed by atoms with Crippen molar-refractivity contribution in [2.75, 3.05) is 11.9 Å². The predicted molar refractivity (Wildman–Crippen MR) is 76.8 cm³/mol. The molecule has 5 nitrogen and oxygen atoms in total. The highest BCUT2D eigenvalue weighted by Gasteiger charge is 2.21. The van der Waals surface area contributed by atoms with Gasteiger partial charge in [-0.1, -0.05) is 19.1 Å². The lowest BCUT2D eigenvalue weighted by Crippen LogP contribution is -2.15. The lowest BCUT2D eigenvalue weighted by Gasteiger charge is -2.15. The molecule has 0 spiro atoms. The molecule has 0 aliphatic heterocycles. The fourth-order valence-electron chi connectivity index (χ4n) is 1.73. The monoisotopic (exact) mass is 264 g/mol. The Balaban J connectivity index is 3.02. The number of hydrogen-bond donors (Lipinski definition) is 1. The van der Waals surface area contributed by atoms with Gasteiger partial charge in [-0.15, -0.1) is 6.58 Å². The number of benzene rings is 1. The van der Waals surface area contributed by atoms with Crippen LogP contribution in [0.2, 0.25) is 0 Å². The molecule has 1 unspecified atom stereocenters. The summed E-state index contributed by atoms with van der Waals surface area (Å²) in [6.07, 6.45) is 3.32. The van der Waals surface area contributed by atoms with Gasteiger partial charge in [-0.3, -0.25) is 10.1 Å². The van der Waals surface area contributed by atoms with Crippen LogP contribution in [-0.2, 0) is 0 Å². The van der Waals surface area contributed by atoms with E-state index in [-0.39, 0.29) is 11.7 Å². The first kappa shape index (κ1) is 15.0. The number of nitro benzene ring substituents is 1. The third-order valence-corrected chi connectivity index (χ3v) is 2.57. The molecule has 19 heavy (non-hydrogen) atoms. The Bertz CT molecular complexity index is 446. The predicted octanol–water partition coefficient (Wildman–Crippen LogP) is 3.76. The average Bonchev–Trinajstić information content (AvgIpc) is 2.36. The molecule has 0 bridgehead atoms. The molecule has 1 rings (SSSR count). The van der Waals surface area contributed by atoms with Crippen LogP contribution in [0.15, 0.2) is 30.9 Å². The zero-order chi connectivity index (χ0) is 14.3. The minimum absolute atomic E-state index is 0.00753. The Labute approximate surface area is 113 Å². The molecule has 0 heterocycles. The molecule has 0 saturated carbocycles. The van der Waals surface area contributed by atoms with Crippen molar-refractivity contribution < 1.29 is 9.66 Å². The number of nitro groups is 1. The minimum atomic E-state index is -0.409. The number of ether oxygens (including phenoxy) is 1. The second-order valence-corrected chi connectivity index (χ2v) is 4.33. The standard InChI is InChI=1S/C14H20N2O3/c1-4-7-11(3)15-12-8-6-9-13(19-10-5-2)14(12)16(17)18/h4,6,8-9,11,15H,1,5,7,10H2,2-3H3. The summed E-state index contributed by atoms with van der Waals surface area (Å²) in [5.74, 6) is 0.308. The summed E-state index contributed by atoms with van der Waals surface area (Å²) in [6, 6.07) is 5.15. The average molecular weight is 264 g/mol. The van der Waals surface area contributed by atoms with Crippen LogP contribution >= 0.6 is 0 Å². The van der Waals surface area contributed by atoms with E-state index in [1.165, 1.54) is 0 Å². The Morgan fingerprint density at radius 2 is 2.32 bits per heavy atom. The van der Waals surface area contributed by atoms with Crippen molar-refractivity contribution in [2.24, 2.45) is 0 Å². The Morgan fingerprint density at radius 3 is 2.89 bits per heavy atom. The van der Waals surface area contributed by atoms with Gasteiger partial charge >= 0.3 is 5.69 Å². The van der Waals surface area contributed by atoms with Crippen LogP contribution in [0.3, 0.4) is 0 Å². The smallest absolute Gasteiger partial charge is 0.333 e. The van der Waals surface area contributed by atoms with Crippen molar-refractivity contribution in [3.8, 4) is 5.75 Å². The third kappa shape index (κ3) is 4.28. The number of anilines is 1. The zero-order valence-electron chi connectivity index (χ0n) is 11.4. The number of rotatable bonds is 8. The second-order valence-electron chi connectivity index (χ2n) is 4.33. The van der Waals surface area contributed by atoms with E-state index < -0.39 is 4.92 Å². The van der Waals surface area contributed by atoms with Gasteiger partial charge in [0.2, 0.25) is 0 Å². The molecule has 0 fully saturated rings. The first-order valence-corrected chi connectivity index (χ1v) is 6.37. The molecular formula is C14H20N2O3. The van der Waals surface area contributed by atoms with Gasteiger partial charge in [0.05, 0.1) is 11.5 Å². The first-order chi connectivity index (χ1) is 9.10. The minimum Gasteiger partial charge on any atom is -0.487 e. The summed E-state index contributed by atoms with van der Waals surface area (Å²) in [7, 11) is 0. The maximum atomic E-state index is 11.2. The van der Waals surface area contributed by atoms with Crippen LogP contribution in [0.25, 0.3) is 0 Å². The summed E-state index contributed by atoms with van der Waals surface area (Å²) in [4.78, 5) is 10.8. The molecule has 1 aromatic carbocycles. The lowest BCUT2D eigenvalue weighted by molar-refractivity contribution is -0.385. The Hall–Kier alpha value is -2.04. The van der Waals surface area contributed by atoms with E-state index in [2.05, 4.69) is 11.9 Å². The van der Waals surface area contributed by atoms with E-state index in [1.54, 1.807) is 24.3 Å². The lowest BCUT2D eigenvalue weighted by atomic mass is 10.2. The van der Waals surface area contributed by atoms with Crippen molar-refractivity contribution >= 4 is 11.4 Å². The van der Waals surface area contributed by atoms with E-state index in [0.29, 0.717) is 18.0 Å². The van der Waals surface area contributed by atoms with E-state index in [0.717, 1.165) is 12.8 Å². The van der Waals surface area contributed by atoms with Crippen molar-refractivity contribution in [1.29, 1.82) is 0 Å². The second kappa shape index (κ2) is 7.41. The van der Waals surface area contributed by atoms with Gasteiger partial charge in [-0.2, -0.15) is 0 Å². The Morgan fingerprint density at radius 1 is 1.58 bits per heavy atom. The van der Waals surface area contributed by atoms with E-state index in [9.17, 15) is 10.1 Å². The van der Waals surface area contributed by atoms with Crippen LogP contribution < -0.4 is 10.1 Å². The molecule has 0 aliphatic carbocycles. The van der Waals surface area contributed by atoms with Crippen molar-refractivity contribution in [1.82, 2.24) is 0 Å². The molecule has 0 radical (unpaired) electrons. The van der Waals surface area contributed by atoms with Crippen molar-refractivity contribution in [2.45, 2.75) is 32.7 Å². The van der Waals surface area contributed by atoms with Crippen molar-refractivity contribution in [3.63, 3.8) is 0 Å². The summed E-state index contributed by atoms with van der Waals surface area (Å²) in [5, 5.41) is 14.3. The molecule has 0 aromatic heterocycles. The Kier molecular flexibility index (Phi) is 5.85. The normalized spacial score (nSPS) is 11.7. The van der Waals surface area contributed by atoms with Crippen LogP contribution in [0.1, 0.15) is 26.7 Å². The molecule has 0 saturated heterocycles. The quantitative estimate of drug-likeness (QED) is 0.441. The molecule has 5 heteroatoms. The van der Waals surface area contributed by atoms with Crippen LogP contribution in [-0.4, -0.2) is 17.6 Å². The maximum absolute atomic E-state index is 11.2. The van der Waals surface area contributed by atoms with Crippen LogP contribution in [0, 0.1) is 10.1 Å². The SMILES string of the molecule is C=CCC(C)Nc1cccc(OCCC)c1[N+](=O)[O-]. The zero-order valence-corrected chi connectivity index (χ0v) is 11.4. The number of para-hydroxylation sites is 1. The summed E-state index contributed by atoms with van der Waals surface area (Å²) in [5.41, 5.74) is 0.472. The van der Waals surface area contributed by atoms with Crippen LogP contribution in [0.4, 0.5) is 11.4 Å². The molecule has 1 N–H and O–H groups in total. The molecule has 104 valence electrons. The van der Waals surface area contributed by atoms with Gasteiger partial charge in [-0.25, -0.2) is 0 Å². The summed E-state index contributed by atoms with van der Waals surface area (Å²) >= 11 is 0. The topological polar surface area (TPSA) is 64.4 Å². The van der Waals surface area contributed by atoms with E-state index in [1.807, 2.05) is 13.8 Å². The van der Waals surface area contributed by atoms with Gasteiger partial charge in [0.1, 0.15) is 5.69 Å². The largest absolute Gasteiger partial charge is 0.487 e. The van der Waals surface area contributed by atoms with Gasteiger partial charge in [0.25, 0.3) is 0 Å². The fraction of sp³-hybridized carbons (Fsp3) is 0.429. The van der Waals surface area contributed by atoms with Gasteiger partial charge in [0, 0.05) is 6.04 Å². The van der Waals surface area contributed by atoms with Crippen molar-refractivity contribution in [3.05, 3.63) is 41.0 Å². The van der Waals surface area contributed by atoms with Gasteiger partial charge in [0.15, 0.2) is 5.75 Å².